The van der Waals surface area contributed by atoms with Crippen LogP contribution in [0.1, 0.15) is 50.3 Å². The molecule has 0 atom stereocenters. The number of benzene rings is 2. The summed E-state index contributed by atoms with van der Waals surface area (Å²) in [6.45, 7) is 11.0. The number of nitrogens with one attached hydrogen (secondary N) is 1. The van der Waals surface area contributed by atoms with Gasteiger partial charge >= 0.3 is 0 Å². The van der Waals surface area contributed by atoms with Crippen LogP contribution in [-0.4, -0.2) is 31.9 Å². The van der Waals surface area contributed by atoms with Crippen LogP contribution in [0.15, 0.2) is 39.9 Å². The third kappa shape index (κ3) is 6.76. The Morgan fingerprint density at radius 3 is 2.43 bits per heavy atom. The molecule has 0 aliphatic carbocycles. The maximum Gasteiger partial charge on any atom is 0.277 e. The summed E-state index contributed by atoms with van der Waals surface area (Å²) < 4.78 is 17.9. The highest BCUT2D eigenvalue weighted by atomic mass is 79.9. The van der Waals surface area contributed by atoms with Crippen LogP contribution in [0.3, 0.4) is 0 Å². The number of hydrogen-bond acceptors (Lipinski definition) is 5. The molecule has 1 amide bonds. The van der Waals surface area contributed by atoms with Crippen molar-refractivity contribution in [3.63, 3.8) is 0 Å². The van der Waals surface area contributed by atoms with Gasteiger partial charge in [-0.25, -0.2) is 5.43 Å². The van der Waals surface area contributed by atoms with Gasteiger partial charge in [-0.2, -0.15) is 5.10 Å². The molecule has 7 heteroatoms. The molecule has 30 heavy (non-hydrogen) atoms. The average molecular weight is 477 g/mol. The summed E-state index contributed by atoms with van der Waals surface area (Å²) in [5.74, 6) is 1.97. The summed E-state index contributed by atoms with van der Waals surface area (Å²) in [5.41, 5.74) is 5.37. The third-order valence-electron chi connectivity index (χ3n) is 4.24. The number of ether oxygens (including phenoxy) is 3. The number of carbonyl (C=O) groups excluding carboxylic acids is 1. The number of hydrazone groups is 1. The second kappa shape index (κ2) is 11.6. The van der Waals surface area contributed by atoms with Gasteiger partial charge in [0.05, 0.1) is 19.4 Å². The van der Waals surface area contributed by atoms with E-state index < -0.39 is 0 Å². The molecule has 0 radical (unpaired) electrons. The fourth-order valence-electron chi connectivity index (χ4n) is 2.75. The summed E-state index contributed by atoms with van der Waals surface area (Å²) in [4.78, 5) is 12.1. The molecule has 2 rings (SSSR count). The van der Waals surface area contributed by atoms with Crippen molar-refractivity contribution < 1.29 is 19.0 Å². The number of amides is 1. The topological polar surface area (TPSA) is 69.2 Å². The monoisotopic (exact) mass is 476 g/mol. The van der Waals surface area contributed by atoms with Crippen LogP contribution < -0.4 is 19.6 Å². The van der Waals surface area contributed by atoms with Crippen LogP contribution in [0.2, 0.25) is 0 Å². The number of nitrogens with zero attached hydrogens (tertiary/aromatic N) is 1. The summed E-state index contributed by atoms with van der Waals surface area (Å²) in [6.07, 6.45) is 1.56. The van der Waals surface area contributed by atoms with Crippen LogP contribution in [0.25, 0.3) is 0 Å². The second-order valence-corrected chi connectivity index (χ2v) is 7.80. The summed E-state index contributed by atoms with van der Waals surface area (Å²) in [5, 5.41) is 4.01. The Morgan fingerprint density at radius 2 is 1.77 bits per heavy atom. The zero-order valence-corrected chi connectivity index (χ0v) is 19.7. The quantitative estimate of drug-likeness (QED) is 0.377. The molecule has 0 aliphatic heterocycles. The van der Waals surface area contributed by atoms with Gasteiger partial charge in [-0.05, 0) is 73.7 Å². The van der Waals surface area contributed by atoms with Crippen molar-refractivity contribution in [1.29, 1.82) is 0 Å². The Morgan fingerprint density at radius 1 is 1.07 bits per heavy atom. The lowest BCUT2D eigenvalue weighted by Crippen LogP contribution is -2.25. The van der Waals surface area contributed by atoms with Gasteiger partial charge in [-0.15, -0.1) is 0 Å². The number of aryl methyl sites for hydroxylation is 1. The zero-order valence-electron chi connectivity index (χ0n) is 18.1. The predicted octanol–water partition coefficient (Wildman–Crippen LogP) is 5.21. The molecule has 0 saturated heterocycles. The van der Waals surface area contributed by atoms with E-state index in [4.69, 9.17) is 14.2 Å². The minimum absolute atomic E-state index is 0.119. The predicted molar refractivity (Wildman–Crippen MR) is 123 cm³/mol. The van der Waals surface area contributed by atoms with Crippen molar-refractivity contribution >= 4 is 28.1 Å². The Balaban J connectivity index is 1.97. The number of carbonyl (C=O) groups is 1. The van der Waals surface area contributed by atoms with E-state index in [1.54, 1.807) is 6.21 Å². The van der Waals surface area contributed by atoms with E-state index in [9.17, 15) is 4.79 Å². The average Bonchev–Trinajstić information content (AvgIpc) is 2.70. The molecule has 0 bridgehead atoms. The van der Waals surface area contributed by atoms with Gasteiger partial charge < -0.3 is 14.2 Å². The molecule has 6 nitrogen and oxygen atoms in total. The largest absolute Gasteiger partial charge is 0.490 e. The van der Waals surface area contributed by atoms with Crippen LogP contribution in [-0.2, 0) is 4.79 Å². The SMILES string of the molecule is CCOc1ccc(/C=N/NC(=O)COc2cc(C)c(Br)cc2C(C)C)cc1OCC. The van der Waals surface area contributed by atoms with Crippen LogP contribution in [0, 0.1) is 6.92 Å². The van der Waals surface area contributed by atoms with E-state index >= 15 is 0 Å². The molecule has 0 unspecified atom stereocenters. The molecule has 2 aromatic carbocycles. The van der Waals surface area contributed by atoms with Crippen LogP contribution in [0.4, 0.5) is 0 Å². The molecule has 0 aliphatic rings. The Bertz CT molecular complexity index is 897. The zero-order chi connectivity index (χ0) is 22.1. The van der Waals surface area contributed by atoms with Crippen molar-refractivity contribution in [1.82, 2.24) is 5.43 Å². The van der Waals surface area contributed by atoms with E-state index in [1.807, 2.05) is 51.1 Å². The molecule has 0 aromatic heterocycles. The summed E-state index contributed by atoms with van der Waals surface area (Å²) in [6, 6.07) is 9.46. The van der Waals surface area contributed by atoms with E-state index in [-0.39, 0.29) is 18.4 Å². The lowest BCUT2D eigenvalue weighted by atomic mass is 10.0. The first kappa shape index (κ1) is 23.7. The molecule has 2 aromatic rings. The Kier molecular flexibility index (Phi) is 9.17. The smallest absolute Gasteiger partial charge is 0.277 e. The van der Waals surface area contributed by atoms with Gasteiger partial charge in [0, 0.05) is 4.47 Å². The lowest BCUT2D eigenvalue weighted by Gasteiger charge is -2.15. The fourth-order valence-corrected chi connectivity index (χ4v) is 3.11. The molecular weight excluding hydrogens is 448 g/mol. The fraction of sp³-hybridized carbons (Fsp3) is 0.391. The molecule has 0 heterocycles. The molecule has 0 saturated carbocycles. The van der Waals surface area contributed by atoms with Crippen LogP contribution >= 0.6 is 15.9 Å². The van der Waals surface area contributed by atoms with Gasteiger partial charge in [0.15, 0.2) is 18.1 Å². The van der Waals surface area contributed by atoms with Gasteiger partial charge in [-0.1, -0.05) is 29.8 Å². The normalized spacial score (nSPS) is 11.0. The van der Waals surface area contributed by atoms with Crippen molar-refractivity contribution in [3.8, 4) is 17.2 Å². The van der Waals surface area contributed by atoms with E-state index in [0.29, 0.717) is 30.5 Å². The van der Waals surface area contributed by atoms with Gasteiger partial charge in [0.1, 0.15) is 5.75 Å². The molecule has 1 N–H and O–H groups in total. The highest BCUT2D eigenvalue weighted by molar-refractivity contribution is 9.10. The molecule has 0 spiro atoms. The minimum Gasteiger partial charge on any atom is -0.490 e. The highest BCUT2D eigenvalue weighted by Crippen LogP contribution is 2.32. The molecular formula is C23H29BrN2O4. The van der Waals surface area contributed by atoms with Crippen molar-refractivity contribution in [2.75, 3.05) is 19.8 Å². The lowest BCUT2D eigenvalue weighted by molar-refractivity contribution is -0.123. The third-order valence-corrected chi connectivity index (χ3v) is 5.10. The first-order chi connectivity index (χ1) is 14.3. The Labute approximate surface area is 186 Å². The second-order valence-electron chi connectivity index (χ2n) is 6.95. The van der Waals surface area contributed by atoms with E-state index in [2.05, 4.69) is 40.3 Å². The van der Waals surface area contributed by atoms with Crippen molar-refractivity contribution in [2.45, 2.75) is 40.5 Å². The van der Waals surface area contributed by atoms with Crippen molar-refractivity contribution in [3.05, 3.63) is 51.5 Å². The summed E-state index contributed by atoms with van der Waals surface area (Å²) >= 11 is 3.54. The Hall–Kier alpha value is -2.54. The van der Waals surface area contributed by atoms with Gasteiger partial charge in [0.2, 0.25) is 0 Å². The van der Waals surface area contributed by atoms with E-state index in [0.717, 1.165) is 21.2 Å². The minimum atomic E-state index is -0.336. The van der Waals surface area contributed by atoms with Gasteiger partial charge in [-0.3, -0.25) is 4.79 Å². The first-order valence-electron chi connectivity index (χ1n) is 10.00. The standard InChI is InChI=1S/C23H29BrN2O4/c1-6-28-20-9-8-17(11-22(20)29-7-2)13-25-26-23(27)14-30-21-10-16(5)19(24)12-18(21)15(3)4/h8-13,15H,6-7,14H2,1-5H3,(H,26,27)/b25-13+. The maximum atomic E-state index is 12.1. The highest BCUT2D eigenvalue weighted by Gasteiger charge is 2.12. The van der Waals surface area contributed by atoms with Crippen molar-refractivity contribution in [2.24, 2.45) is 5.10 Å². The summed E-state index contributed by atoms with van der Waals surface area (Å²) in [7, 11) is 0. The maximum absolute atomic E-state index is 12.1. The molecule has 0 fully saturated rings. The first-order valence-corrected chi connectivity index (χ1v) is 10.8. The van der Waals surface area contributed by atoms with Gasteiger partial charge in [0.25, 0.3) is 5.91 Å². The number of rotatable bonds is 10. The number of halogens is 1. The molecule has 162 valence electrons. The van der Waals surface area contributed by atoms with Crippen LogP contribution in [0.5, 0.6) is 17.2 Å². The van der Waals surface area contributed by atoms with E-state index in [1.165, 1.54) is 0 Å². The number of hydrogen-bond donors (Lipinski definition) is 1.